The maximum atomic E-state index is 12.8. The minimum atomic E-state index is -0.156. The fraction of sp³-hybridized carbons (Fsp3) is 0.318. The van der Waals surface area contributed by atoms with Crippen LogP contribution in [0.4, 0.5) is 0 Å². The van der Waals surface area contributed by atoms with Crippen molar-refractivity contribution in [3.63, 3.8) is 0 Å². The third-order valence-electron chi connectivity index (χ3n) is 5.29. The van der Waals surface area contributed by atoms with Crippen molar-refractivity contribution in [2.45, 2.75) is 37.0 Å². The summed E-state index contributed by atoms with van der Waals surface area (Å²) in [6.07, 6.45) is 0.954. The van der Waals surface area contributed by atoms with Gasteiger partial charge in [0.05, 0.1) is 31.9 Å². The second kappa shape index (κ2) is 9.40. The smallest absolute Gasteiger partial charge is 0.278 e. The third-order valence-corrected chi connectivity index (χ3v) is 6.22. The summed E-state index contributed by atoms with van der Waals surface area (Å²) in [5, 5.41) is 18.6. The monoisotopic (exact) mass is 436 g/mol. The highest BCUT2D eigenvalue weighted by atomic mass is 32.2. The molecule has 2 aromatic carbocycles. The molecular weight excluding hydrogens is 410 g/mol. The van der Waals surface area contributed by atoms with Crippen molar-refractivity contribution in [1.29, 1.82) is 0 Å². The zero-order valence-electron chi connectivity index (χ0n) is 17.9. The van der Waals surface area contributed by atoms with Gasteiger partial charge in [0.1, 0.15) is 11.6 Å². The third kappa shape index (κ3) is 4.52. The highest BCUT2D eigenvalue weighted by Crippen LogP contribution is 2.23. The number of nitrogens with one attached hydrogen (secondary N) is 1. The summed E-state index contributed by atoms with van der Waals surface area (Å²) in [6.45, 7) is 2.84. The number of nitrogens with zero attached hydrogens (tertiary/aromatic N) is 6. The summed E-state index contributed by atoms with van der Waals surface area (Å²) < 4.78 is 3.53. The van der Waals surface area contributed by atoms with Crippen LogP contribution in [0.25, 0.3) is 10.9 Å². The molecule has 2 aromatic heterocycles. The Morgan fingerprint density at radius 1 is 1.00 bits per heavy atom. The number of quaternary nitrogens is 1. The molecule has 1 atom stereocenters. The molecule has 2 heterocycles. The fourth-order valence-electron chi connectivity index (χ4n) is 3.66. The van der Waals surface area contributed by atoms with Gasteiger partial charge in [-0.15, -0.1) is 15.3 Å². The van der Waals surface area contributed by atoms with Crippen LogP contribution < -0.4 is 10.5 Å². The van der Waals surface area contributed by atoms with Crippen LogP contribution in [0.2, 0.25) is 0 Å². The minimum absolute atomic E-state index is 0.156. The molecule has 0 amide bonds. The maximum Gasteiger partial charge on any atom is 0.278 e. The van der Waals surface area contributed by atoms with E-state index in [1.54, 1.807) is 12.1 Å². The Bertz CT molecular complexity index is 1220. The maximum absolute atomic E-state index is 12.8. The first kappa shape index (κ1) is 21.2. The summed E-state index contributed by atoms with van der Waals surface area (Å²) in [5.74, 6) is 1.26. The summed E-state index contributed by atoms with van der Waals surface area (Å²) in [7, 11) is 4.26. The predicted molar refractivity (Wildman–Crippen MR) is 121 cm³/mol. The van der Waals surface area contributed by atoms with Gasteiger partial charge in [0.15, 0.2) is 11.0 Å². The Morgan fingerprint density at radius 2 is 1.74 bits per heavy atom. The zero-order valence-corrected chi connectivity index (χ0v) is 18.7. The molecule has 8 nitrogen and oxygen atoms in total. The van der Waals surface area contributed by atoms with Gasteiger partial charge < -0.3 is 4.90 Å². The molecular formula is C22H26N7OS+. The van der Waals surface area contributed by atoms with Crippen molar-refractivity contribution in [3.05, 3.63) is 76.3 Å². The number of fused-ring (bicyclic) bond motifs is 1. The van der Waals surface area contributed by atoms with Crippen LogP contribution in [0.5, 0.6) is 0 Å². The van der Waals surface area contributed by atoms with Gasteiger partial charge >= 0.3 is 0 Å². The van der Waals surface area contributed by atoms with E-state index in [2.05, 4.69) is 58.2 Å². The van der Waals surface area contributed by atoms with Crippen molar-refractivity contribution >= 4 is 22.7 Å². The van der Waals surface area contributed by atoms with E-state index in [1.165, 1.54) is 26.9 Å². The largest absolute Gasteiger partial charge is 0.331 e. The lowest BCUT2D eigenvalue weighted by Crippen LogP contribution is -3.06. The van der Waals surface area contributed by atoms with E-state index in [1.807, 2.05) is 30.3 Å². The molecule has 0 saturated heterocycles. The second-order valence-corrected chi connectivity index (χ2v) is 8.55. The number of thioether (sulfide) groups is 1. The molecule has 160 valence electrons. The van der Waals surface area contributed by atoms with Gasteiger partial charge in [-0.2, -0.15) is 4.68 Å². The first-order valence-electron chi connectivity index (χ1n) is 10.3. The summed E-state index contributed by atoms with van der Waals surface area (Å²) in [6, 6.07) is 17.7. The number of aromatic nitrogens is 6. The molecule has 4 aromatic rings. The average Bonchev–Trinajstić information content (AvgIpc) is 3.16. The highest BCUT2D eigenvalue weighted by molar-refractivity contribution is 7.98. The van der Waals surface area contributed by atoms with Crippen LogP contribution in [0.15, 0.2) is 64.5 Å². The van der Waals surface area contributed by atoms with Crippen LogP contribution in [-0.2, 0) is 12.4 Å². The highest BCUT2D eigenvalue weighted by Gasteiger charge is 2.25. The number of benzene rings is 2. The molecule has 0 bridgehead atoms. The molecule has 0 unspecified atom stereocenters. The average molecular weight is 437 g/mol. The lowest BCUT2D eigenvalue weighted by molar-refractivity contribution is -0.893. The summed E-state index contributed by atoms with van der Waals surface area (Å²) in [5.41, 5.74) is 1.62. The Kier molecular flexibility index (Phi) is 6.43. The first-order chi connectivity index (χ1) is 15.1. The van der Waals surface area contributed by atoms with Crippen molar-refractivity contribution in [1.82, 2.24) is 29.8 Å². The Labute approximate surface area is 184 Å². The van der Waals surface area contributed by atoms with Crippen molar-refractivity contribution in [3.8, 4) is 0 Å². The van der Waals surface area contributed by atoms with Gasteiger partial charge in [0.25, 0.3) is 5.56 Å². The van der Waals surface area contributed by atoms with Crippen molar-refractivity contribution < 1.29 is 4.90 Å². The Balaban J connectivity index is 1.65. The molecule has 0 aliphatic carbocycles. The van der Waals surface area contributed by atoms with Crippen LogP contribution in [0.3, 0.4) is 0 Å². The molecule has 9 heteroatoms. The van der Waals surface area contributed by atoms with E-state index >= 15 is 0 Å². The second-order valence-electron chi connectivity index (χ2n) is 7.64. The molecule has 0 spiro atoms. The fourth-order valence-corrected chi connectivity index (χ4v) is 4.47. The first-order valence-corrected chi connectivity index (χ1v) is 11.3. The molecule has 0 aliphatic heterocycles. The normalized spacial score (nSPS) is 12.5. The topological polar surface area (TPSA) is 82.9 Å². The lowest BCUT2D eigenvalue weighted by atomic mass is 10.2. The zero-order chi connectivity index (χ0) is 21.8. The number of hydrogen-bond donors (Lipinski definition) is 1. The molecule has 0 fully saturated rings. The molecule has 1 N–H and O–H groups in total. The van der Waals surface area contributed by atoms with E-state index < -0.39 is 0 Å². The quantitative estimate of drug-likeness (QED) is 0.424. The predicted octanol–water partition coefficient (Wildman–Crippen LogP) is 1.78. The van der Waals surface area contributed by atoms with E-state index in [9.17, 15) is 4.79 Å². The van der Waals surface area contributed by atoms with Crippen LogP contribution >= 0.6 is 11.8 Å². The van der Waals surface area contributed by atoms with Crippen LogP contribution in [-0.4, -0.2) is 43.9 Å². The van der Waals surface area contributed by atoms with Gasteiger partial charge in [-0.3, -0.25) is 9.36 Å². The van der Waals surface area contributed by atoms with Crippen molar-refractivity contribution in [2.75, 3.05) is 14.1 Å². The van der Waals surface area contributed by atoms with Gasteiger partial charge in [0.2, 0.25) is 0 Å². The Hall–Kier alpha value is -3.04. The standard InChI is InChI=1S/C22H25N7OS/c1-4-19(27(2)3)20-24-25-22(28(20)14-16-10-6-5-7-11-16)31-15-29-21(30)17-12-8-9-13-18(17)23-26-29/h5-13,19H,4,14-15H2,1-3H3/p+1/t19-/m0/s1. The minimum Gasteiger partial charge on any atom is -0.331 e. The molecule has 4 rings (SSSR count). The van der Waals surface area contributed by atoms with Gasteiger partial charge in [-0.25, -0.2) is 0 Å². The van der Waals surface area contributed by atoms with E-state index in [-0.39, 0.29) is 11.6 Å². The van der Waals surface area contributed by atoms with Gasteiger partial charge in [-0.05, 0) is 17.7 Å². The van der Waals surface area contributed by atoms with Crippen molar-refractivity contribution in [2.24, 2.45) is 0 Å². The lowest BCUT2D eigenvalue weighted by Gasteiger charge is -2.20. The van der Waals surface area contributed by atoms with E-state index in [4.69, 9.17) is 0 Å². The molecule has 0 radical (unpaired) electrons. The molecule has 31 heavy (non-hydrogen) atoms. The summed E-state index contributed by atoms with van der Waals surface area (Å²) >= 11 is 1.44. The SMILES string of the molecule is CC[C@@H](c1nnc(SCn2nnc3ccccc3c2=O)n1Cc1ccccc1)[NH+](C)C. The summed E-state index contributed by atoms with van der Waals surface area (Å²) in [4.78, 5) is 14.1. The van der Waals surface area contributed by atoms with Crippen LogP contribution in [0, 0.1) is 0 Å². The van der Waals surface area contributed by atoms with Crippen LogP contribution in [0.1, 0.15) is 30.8 Å². The van der Waals surface area contributed by atoms with Gasteiger partial charge in [-0.1, -0.05) is 66.4 Å². The van der Waals surface area contributed by atoms with E-state index in [0.29, 0.717) is 23.3 Å². The number of rotatable bonds is 8. The van der Waals surface area contributed by atoms with Gasteiger partial charge in [0, 0.05) is 6.42 Å². The Morgan fingerprint density at radius 3 is 2.48 bits per heavy atom. The molecule has 0 saturated carbocycles. The van der Waals surface area contributed by atoms with E-state index in [0.717, 1.165) is 17.4 Å². The number of hydrogen-bond acceptors (Lipinski definition) is 6. The molecule has 0 aliphatic rings.